The first kappa shape index (κ1) is 16.4. The van der Waals surface area contributed by atoms with Gasteiger partial charge in [-0.2, -0.15) is 0 Å². The molecule has 0 aromatic heterocycles. The van der Waals surface area contributed by atoms with Crippen LogP contribution in [0.4, 0.5) is 4.39 Å². The average Bonchev–Trinajstić information content (AvgIpc) is 2.48. The van der Waals surface area contributed by atoms with Crippen LogP contribution in [0.25, 0.3) is 0 Å². The summed E-state index contributed by atoms with van der Waals surface area (Å²) in [6.07, 6.45) is 0. The van der Waals surface area contributed by atoms with Crippen LogP contribution in [-0.2, 0) is 6.54 Å². The van der Waals surface area contributed by atoms with E-state index in [9.17, 15) is 4.39 Å². The Kier molecular flexibility index (Phi) is 7.65. The van der Waals surface area contributed by atoms with Crippen molar-refractivity contribution in [1.82, 2.24) is 15.5 Å². The van der Waals surface area contributed by atoms with Crippen molar-refractivity contribution in [1.29, 1.82) is 0 Å². The molecule has 0 unspecified atom stereocenters. The second kappa shape index (κ2) is 9.31. The van der Waals surface area contributed by atoms with Crippen LogP contribution in [0.5, 0.6) is 0 Å². The highest BCUT2D eigenvalue weighted by Crippen LogP contribution is 2.01. The highest BCUT2D eigenvalue weighted by Gasteiger charge is 2.01. The summed E-state index contributed by atoms with van der Waals surface area (Å²) in [6, 6.07) is 6.47. The Balaban J connectivity index is 2.31. The average molecular weight is 280 g/mol. The Bertz CT molecular complexity index is 399. The fraction of sp³-hybridized carbons (Fsp3) is 0.533. The minimum Gasteiger partial charge on any atom is -0.355 e. The largest absolute Gasteiger partial charge is 0.355 e. The van der Waals surface area contributed by atoms with Crippen molar-refractivity contribution in [2.75, 3.05) is 33.2 Å². The van der Waals surface area contributed by atoms with Gasteiger partial charge in [0, 0.05) is 26.7 Å². The van der Waals surface area contributed by atoms with Crippen molar-refractivity contribution < 1.29 is 4.39 Å². The first-order valence-corrected chi connectivity index (χ1v) is 7.10. The van der Waals surface area contributed by atoms with Crippen LogP contribution < -0.4 is 10.6 Å². The van der Waals surface area contributed by atoms with Crippen molar-refractivity contribution in [2.45, 2.75) is 20.4 Å². The number of likely N-dealkylation sites (N-methyl/N-ethyl adjacent to an activating group) is 1. The molecule has 0 aliphatic rings. The van der Waals surface area contributed by atoms with Gasteiger partial charge in [0.25, 0.3) is 0 Å². The van der Waals surface area contributed by atoms with E-state index in [1.54, 1.807) is 19.2 Å². The van der Waals surface area contributed by atoms with Gasteiger partial charge in [0.05, 0.1) is 0 Å². The predicted molar refractivity (Wildman–Crippen MR) is 82.4 cm³/mol. The Morgan fingerprint density at radius 1 is 1.15 bits per heavy atom. The summed E-state index contributed by atoms with van der Waals surface area (Å²) in [4.78, 5) is 6.52. The summed E-state index contributed by atoms with van der Waals surface area (Å²) >= 11 is 0. The molecule has 0 atom stereocenters. The lowest BCUT2D eigenvalue weighted by molar-refractivity contribution is 0.308. The monoisotopic (exact) mass is 280 g/mol. The fourth-order valence-corrected chi connectivity index (χ4v) is 1.88. The van der Waals surface area contributed by atoms with Crippen LogP contribution >= 0.6 is 0 Å². The normalized spacial score (nSPS) is 11.8. The molecule has 0 saturated carbocycles. The molecule has 1 rings (SSSR count). The number of nitrogens with one attached hydrogen (secondary N) is 2. The number of guanidine groups is 1. The van der Waals surface area contributed by atoms with Gasteiger partial charge in [-0.05, 0) is 30.8 Å². The van der Waals surface area contributed by atoms with Crippen LogP contribution in [0, 0.1) is 5.82 Å². The zero-order valence-corrected chi connectivity index (χ0v) is 12.6. The van der Waals surface area contributed by atoms with Gasteiger partial charge in [0.15, 0.2) is 5.96 Å². The van der Waals surface area contributed by atoms with Crippen molar-refractivity contribution in [3.05, 3.63) is 35.6 Å². The third kappa shape index (κ3) is 6.02. The van der Waals surface area contributed by atoms with Gasteiger partial charge in [-0.25, -0.2) is 4.39 Å². The van der Waals surface area contributed by atoms with Crippen molar-refractivity contribution in [2.24, 2.45) is 4.99 Å². The maximum atomic E-state index is 12.8. The summed E-state index contributed by atoms with van der Waals surface area (Å²) in [5.41, 5.74) is 1.03. The highest BCUT2D eigenvalue weighted by molar-refractivity contribution is 5.79. The van der Waals surface area contributed by atoms with Crippen LogP contribution in [0.3, 0.4) is 0 Å². The van der Waals surface area contributed by atoms with Gasteiger partial charge < -0.3 is 15.5 Å². The molecule has 112 valence electrons. The van der Waals surface area contributed by atoms with Crippen LogP contribution in [0.15, 0.2) is 29.3 Å². The Labute approximate surface area is 121 Å². The molecule has 0 aliphatic carbocycles. The molecular weight excluding hydrogens is 255 g/mol. The summed E-state index contributed by atoms with van der Waals surface area (Å²) in [5.74, 6) is 0.553. The lowest BCUT2D eigenvalue weighted by Gasteiger charge is -2.19. The summed E-state index contributed by atoms with van der Waals surface area (Å²) in [7, 11) is 1.75. The highest BCUT2D eigenvalue weighted by atomic mass is 19.1. The first-order chi connectivity index (χ1) is 9.69. The first-order valence-electron chi connectivity index (χ1n) is 7.10. The maximum Gasteiger partial charge on any atom is 0.191 e. The van der Waals surface area contributed by atoms with E-state index in [4.69, 9.17) is 0 Å². The molecule has 0 aliphatic heterocycles. The third-order valence-corrected chi connectivity index (χ3v) is 3.21. The predicted octanol–water partition coefficient (Wildman–Crippen LogP) is 1.83. The van der Waals surface area contributed by atoms with Gasteiger partial charge in [0.2, 0.25) is 0 Å². The van der Waals surface area contributed by atoms with E-state index in [0.29, 0.717) is 6.54 Å². The van der Waals surface area contributed by atoms with Gasteiger partial charge >= 0.3 is 0 Å². The summed E-state index contributed by atoms with van der Waals surface area (Å²) < 4.78 is 12.8. The smallest absolute Gasteiger partial charge is 0.191 e. The summed E-state index contributed by atoms with van der Waals surface area (Å²) in [5, 5.41) is 6.49. The standard InChI is InChI=1S/C15H25FN4/c1-4-20(5-2)11-10-18-15(17-3)19-12-13-6-8-14(16)9-7-13/h6-9H,4-5,10-12H2,1-3H3,(H2,17,18,19). The minimum atomic E-state index is -0.213. The van der Waals surface area contributed by atoms with E-state index in [0.717, 1.165) is 37.7 Å². The number of rotatable bonds is 7. The minimum absolute atomic E-state index is 0.213. The van der Waals surface area contributed by atoms with E-state index in [1.807, 2.05) is 0 Å². The molecule has 1 aromatic carbocycles. The summed E-state index contributed by atoms with van der Waals surface area (Å²) in [6.45, 7) is 8.90. The second-order valence-electron chi connectivity index (χ2n) is 4.51. The number of benzene rings is 1. The molecule has 4 nitrogen and oxygen atoms in total. The third-order valence-electron chi connectivity index (χ3n) is 3.21. The van der Waals surface area contributed by atoms with E-state index in [1.165, 1.54) is 12.1 Å². The van der Waals surface area contributed by atoms with Crippen molar-refractivity contribution in [3.63, 3.8) is 0 Å². The Morgan fingerprint density at radius 2 is 1.80 bits per heavy atom. The van der Waals surface area contributed by atoms with Crippen LogP contribution in [0.2, 0.25) is 0 Å². The topological polar surface area (TPSA) is 39.7 Å². The second-order valence-corrected chi connectivity index (χ2v) is 4.51. The molecule has 0 saturated heterocycles. The molecule has 20 heavy (non-hydrogen) atoms. The molecule has 0 fully saturated rings. The van der Waals surface area contributed by atoms with E-state index in [2.05, 4.69) is 34.4 Å². The SMILES string of the molecule is CCN(CC)CCNC(=NC)NCc1ccc(F)cc1. The maximum absolute atomic E-state index is 12.8. The van der Waals surface area contributed by atoms with Crippen LogP contribution in [-0.4, -0.2) is 44.1 Å². The zero-order chi connectivity index (χ0) is 14.8. The van der Waals surface area contributed by atoms with Gasteiger partial charge in [-0.15, -0.1) is 0 Å². The lowest BCUT2D eigenvalue weighted by atomic mass is 10.2. The van der Waals surface area contributed by atoms with Gasteiger partial charge in [-0.1, -0.05) is 26.0 Å². The van der Waals surface area contributed by atoms with Crippen molar-refractivity contribution >= 4 is 5.96 Å². The number of halogens is 1. The fourth-order valence-electron chi connectivity index (χ4n) is 1.88. The zero-order valence-electron chi connectivity index (χ0n) is 12.6. The molecule has 0 radical (unpaired) electrons. The lowest BCUT2D eigenvalue weighted by Crippen LogP contribution is -2.41. The van der Waals surface area contributed by atoms with E-state index < -0.39 is 0 Å². The Hall–Kier alpha value is -1.62. The van der Waals surface area contributed by atoms with Crippen molar-refractivity contribution in [3.8, 4) is 0 Å². The number of hydrogen-bond donors (Lipinski definition) is 2. The number of nitrogens with zero attached hydrogens (tertiary/aromatic N) is 2. The van der Waals surface area contributed by atoms with E-state index >= 15 is 0 Å². The molecule has 1 aromatic rings. The number of hydrogen-bond acceptors (Lipinski definition) is 2. The van der Waals surface area contributed by atoms with Gasteiger partial charge in [-0.3, -0.25) is 4.99 Å². The molecular formula is C15H25FN4. The molecule has 0 amide bonds. The van der Waals surface area contributed by atoms with Crippen LogP contribution in [0.1, 0.15) is 19.4 Å². The quantitative estimate of drug-likeness (QED) is 0.591. The molecule has 2 N–H and O–H groups in total. The van der Waals surface area contributed by atoms with E-state index in [-0.39, 0.29) is 5.82 Å². The van der Waals surface area contributed by atoms with Gasteiger partial charge in [0.1, 0.15) is 5.82 Å². The molecule has 0 bridgehead atoms. The molecule has 5 heteroatoms. The molecule has 0 heterocycles. The molecule has 0 spiro atoms. The Morgan fingerprint density at radius 3 is 2.35 bits per heavy atom. The number of aliphatic imine (C=N–C) groups is 1.